The Bertz CT molecular complexity index is 608. The summed E-state index contributed by atoms with van der Waals surface area (Å²) >= 11 is 0. The van der Waals surface area contributed by atoms with Gasteiger partial charge in [0.2, 0.25) is 0 Å². The minimum absolute atomic E-state index is 0.128. The molecule has 2 aromatic rings. The highest BCUT2D eigenvalue weighted by atomic mass is 19.1. The lowest BCUT2D eigenvalue weighted by Gasteiger charge is -2.28. The number of piperidine rings is 1. The van der Waals surface area contributed by atoms with Crippen LogP contribution in [0.25, 0.3) is 6.08 Å². The number of hydrogen-bond acceptors (Lipinski definition) is 1. The van der Waals surface area contributed by atoms with Crippen molar-refractivity contribution >= 4 is 6.08 Å². The smallest absolute Gasteiger partial charge is 0.130 e. The fourth-order valence-corrected chi connectivity index (χ4v) is 2.80. The molecule has 0 spiro atoms. The van der Waals surface area contributed by atoms with Gasteiger partial charge in [0, 0.05) is 25.2 Å². The Morgan fingerprint density at radius 1 is 0.905 bits per heavy atom. The topological polar surface area (TPSA) is 3.24 Å². The van der Waals surface area contributed by atoms with E-state index in [1.807, 2.05) is 18.2 Å². The maximum atomic E-state index is 13.7. The maximum Gasteiger partial charge on any atom is 0.130 e. The van der Waals surface area contributed by atoms with E-state index in [9.17, 15) is 4.39 Å². The molecule has 2 heteroatoms. The van der Waals surface area contributed by atoms with Crippen LogP contribution in [0, 0.1) is 5.82 Å². The molecule has 0 saturated carbocycles. The summed E-state index contributed by atoms with van der Waals surface area (Å²) in [6.07, 6.45) is 4.08. The second-order valence-corrected chi connectivity index (χ2v) is 5.59. The van der Waals surface area contributed by atoms with Gasteiger partial charge in [-0.2, -0.15) is 0 Å². The van der Waals surface area contributed by atoms with Crippen molar-refractivity contribution in [3.05, 3.63) is 77.1 Å². The van der Waals surface area contributed by atoms with Crippen LogP contribution in [0.15, 0.2) is 60.2 Å². The van der Waals surface area contributed by atoms with Crippen LogP contribution >= 0.6 is 0 Å². The molecular formula is C19H20FN. The summed E-state index contributed by atoms with van der Waals surface area (Å²) in [5.74, 6) is -0.128. The van der Waals surface area contributed by atoms with Crippen molar-refractivity contribution in [2.75, 3.05) is 13.1 Å². The van der Waals surface area contributed by atoms with Gasteiger partial charge in [-0.25, -0.2) is 4.39 Å². The molecule has 1 heterocycles. The molecule has 1 saturated heterocycles. The van der Waals surface area contributed by atoms with Crippen molar-refractivity contribution in [3.8, 4) is 0 Å². The quantitative estimate of drug-likeness (QED) is 0.800. The molecule has 3 rings (SSSR count). The van der Waals surface area contributed by atoms with E-state index in [-0.39, 0.29) is 5.82 Å². The first-order valence-corrected chi connectivity index (χ1v) is 7.51. The van der Waals surface area contributed by atoms with Gasteiger partial charge in [0.15, 0.2) is 0 Å². The lowest BCUT2D eigenvalue weighted by molar-refractivity contribution is 0.249. The fourth-order valence-electron chi connectivity index (χ4n) is 2.80. The highest BCUT2D eigenvalue weighted by Gasteiger charge is 2.14. The number of hydrogen-bond donors (Lipinski definition) is 0. The number of rotatable bonds is 3. The second kappa shape index (κ2) is 6.68. The molecule has 1 nitrogen and oxygen atoms in total. The van der Waals surface area contributed by atoms with E-state index in [0.29, 0.717) is 5.56 Å². The van der Waals surface area contributed by atoms with Crippen molar-refractivity contribution in [1.82, 2.24) is 4.90 Å². The van der Waals surface area contributed by atoms with E-state index >= 15 is 0 Å². The molecule has 0 amide bonds. The van der Waals surface area contributed by atoms with E-state index in [2.05, 4.69) is 35.2 Å². The third-order valence-corrected chi connectivity index (χ3v) is 4.01. The van der Waals surface area contributed by atoms with Gasteiger partial charge >= 0.3 is 0 Å². The van der Waals surface area contributed by atoms with Gasteiger partial charge in [0.25, 0.3) is 0 Å². The highest BCUT2D eigenvalue weighted by Crippen LogP contribution is 2.21. The van der Waals surface area contributed by atoms with Crippen LogP contribution in [0.2, 0.25) is 0 Å². The van der Waals surface area contributed by atoms with E-state index in [1.54, 1.807) is 6.07 Å². The van der Waals surface area contributed by atoms with Crippen LogP contribution < -0.4 is 0 Å². The van der Waals surface area contributed by atoms with Gasteiger partial charge in [0.1, 0.15) is 5.82 Å². The third-order valence-electron chi connectivity index (χ3n) is 4.01. The molecule has 2 aromatic carbocycles. The van der Waals surface area contributed by atoms with Crippen LogP contribution in [-0.2, 0) is 6.54 Å². The number of benzene rings is 2. The zero-order chi connectivity index (χ0) is 14.5. The molecule has 0 radical (unpaired) electrons. The van der Waals surface area contributed by atoms with Gasteiger partial charge in [-0.05, 0) is 24.5 Å². The van der Waals surface area contributed by atoms with E-state index in [1.165, 1.54) is 17.2 Å². The Hall–Kier alpha value is -1.93. The van der Waals surface area contributed by atoms with Gasteiger partial charge in [-0.1, -0.05) is 60.2 Å². The lowest BCUT2D eigenvalue weighted by Crippen LogP contribution is -2.30. The molecule has 0 bridgehead atoms. The molecule has 108 valence electrons. The van der Waals surface area contributed by atoms with Crippen LogP contribution in [0.1, 0.15) is 24.0 Å². The summed E-state index contributed by atoms with van der Waals surface area (Å²) in [5.41, 5.74) is 3.42. The first-order valence-electron chi connectivity index (χ1n) is 7.51. The van der Waals surface area contributed by atoms with Gasteiger partial charge < -0.3 is 0 Å². The average Bonchev–Trinajstić information content (AvgIpc) is 2.52. The molecule has 1 aliphatic heterocycles. The molecular weight excluding hydrogens is 261 g/mol. The molecule has 0 aliphatic carbocycles. The van der Waals surface area contributed by atoms with Crippen molar-refractivity contribution < 1.29 is 4.39 Å². The first-order chi connectivity index (χ1) is 10.3. The number of nitrogens with zero attached hydrogens (tertiary/aromatic N) is 1. The molecule has 0 unspecified atom stereocenters. The monoisotopic (exact) mass is 281 g/mol. The third kappa shape index (κ3) is 3.79. The molecule has 0 atom stereocenters. The maximum absolute atomic E-state index is 13.7. The lowest BCUT2D eigenvalue weighted by atomic mass is 10.0. The number of likely N-dealkylation sites (tertiary alicyclic amines) is 1. The molecule has 21 heavy (non-hydrogen) atoms. The summed E-state index contributed by atoms with van der Waals surface area (Å²) in [4.78, 5) is 2.47. The van der Waals surface area contributed by atoms with Gasteiger partial charge in [0.05, 0.1) is 0 Å². The van der Waals surface area contributed by atoms with Crippen LogP contribution in [0.5, 0.6) is 0 Å². The zero-order valence-corrected chi connectivity index (χ0v) is 12.1. The van der Waals surface area contributed by atoms with Crippen molar-refractivity contribution in [2.24, 2.45) is 0 Å². The Balaban J connectivity index is 1.59. The normalized spacial score (nSPS) is 16.0. The van der Waals surface area contributed by atoms with E-state index in [4.69, 9.17) is 0 Å². The largest absolute Gasteiger partial charge is 0.298 e. The zero-order valence-electron chi connectivity index (χ0n) is 12.1. The van der Waals surface area contributed by atoms with Gasteiger partial charge in [-0.15, -0.1) is 0 Å². The summed E-state index contributed by atoms with van der Waals surface area (Å²) in [5, 5.41) is 0. The summed E-state index contributed by atoms with van der Waals surface area (Å²) in [6.45, 7) is 3.11. The summed E-state index contributed by atoms with van der Waals surface area (Å²) in [6, 6.07) is 17.6. The number of halogens is 1. The first kappa shape index (κ1) is 14.0. The molecule has 0 N–H and O–H groups in total. The predicted molar refractivity (Wildman–Crippen MR) is 85.3 cm³/mol. The summed E-state index contributed by atoms with van der Waals surface area (Å²) < 4.78 is 13.7. The highest BCUT2D eigenvalue weighted by molar-refractivity contribution is 5.53. The van der Waals surface area contributed by atoms with Crippen molar-refractivity contribution in [2.45, 2.75) is 19.4 Å². The SMILES string of the molecule is Fc1ccccc1C=C1CCN(Cc2ccccc2)CC1. The molecule has 1 fully saturated rings. The predicted octanol–water partition coefficient (Wildman–Crippen LogP) is 4.51. The second-order valence-electron chi connectivity index (χ2n) is 5.59. The average molecular weight is 281 g/mol. The minimum atomic E-state index is -0.128. The van der Waals surface area contributed by atoms with Crippen LogP contribution in [-0.4, -0.2) is 18.0 Å². The standard InChI is InChI=1S/C19H20FN/c20-19-9-5-4-8-18(19)14-16-10-12-21(13-11-16)15-17-6-2-1-3-7-17/h1-9,14H,10-13,15H2. The summed E-state index contributed by atoms with van der Waals surface area (Å²) in [7, 11) is 0. The Morgan fingerprint density at radius 2 is 1.57 bits per heavy atom. The van der Waals surface area contributed by atoms with E-state index in [0.717, 1.165) is 32.5 Å². The van der Waals surface area contributed by atoms with Crippen LogP contribution in [0.3, 0.4) is 0 Å². The Labute approximate surface area is 125 Å². The Kier molecular flexibility index (Phi) is 4.46. The Morgan fingerprint density at radius 3 is 2.29 bits per heavy atom. The van der Waals surface area contributed by atoms with Gasteiger partial charge in [-0.3, -0.25) is 4.90 Å². The fraction of sp³-hybridized carbons (Fsp3) is 0.263. The van der Waals surface area contributed by atoms with Crippen molar-refractivity contribution in [1.29, 1.82) is 0 Å². The molecule has 1 aliphatic rings. The molecule has 0 aromatic heterocycles. The van der Waals surface area contributed by atoms with E-state index < -0.39 is 0 Å². The van der Waals surface area contributed by atoms with Crippen molar-refractivity contribution in [3.63, 3.8) is 0 Å². The van der Waals surface area contributed by atoms with Crippen LogP contribution in [0.4, 0.5) is 4.39 Å². The minimum Gasteiger partial charge on any atom is -0.298 e.